The number of aliphatic hydroxyl groups is 34. The first-order valence-electron chi connectivity index (χ1n) is 42.0. The van der Waals surface area contributed by atoms with E-state index in [0.29, 0.717) is 0 Å². The molecule has 10 aliphatic heterocycles. The molecule has 0 radical (unpaired) electrons. The van der Waals surface area contributed by atoms with Crippen LogP contribution in [0.5, 0.6) is 0 Å². The van der Waals surface area contributed by atoms with Crippen molar-refractivity contribution in [3.8, 4) is 0 Å². The van der Waals surface area contributed by atoms with E-state index in [2.05, 4.69) is 0 Å². The quantitative estimate of drug-likeness (QED) is 0.0271. The molecule has 10 rings (SSSR count). The summed E-state index contributed by atoms with van der Waals surface area (Å²) in [5.74, 6) is -11.9. The Morgan fingerprint density at radius 3 is 1.24 bits per heavy atom. The van der Waals surface area contributed by atoms with Gasteiger partial charge >= 0.3 is 11.9 Å². The van der Waals surface area contributed by atoms with Gasteiger partial charge in [-0.25, -0.2) is 9.59 Å². The molecule has 0 bridgehead atoms. The SMILES string of the molecule is C[C@@H]1O[C@@H](OC[C@H]2O[C@H](O[C@@H]3[C@H](O[C@@H]4O[C@H](CO)[C@@H](O)[C@H](O)[C@H]4O)[C@@H](N)[C@@H](O[C@@H]4[C@H](O)[C@@H](O[C@@H]5[C@H](O)[C@@H](O[C@H]6[C@@H]([C@H](O)CO)O[C@@](OC[C@H]7O[C@@H](OC[C@@H](O)[C@@H](O)[C@H](O)[C@@H](N)CO)[C@H](N)[C@@H](O)[C@@H]7O)(C(=O)O)C[C@H]6O[C@]6(C(=O)O)C[C@@H](O)[C@@H](O)[C@@H]([C@H](O)CO)O6)O[C@H]([C@@H](O)CO)[C@H]5O)O[C@H]([C@@H](O)CO)[C@H]4O)O[C@@H]3CO)[C@H](O)[C@@H](O[C@H]3O[C@H](CO)[C@@H](O)[C@H](O)[C@H]3O)[C@@H]2O)[C@H](O)[C@H](O)[C@H]1O. The summed E-state index contributed by atoms with van der Waals surface area (Å²) in [5, 5.41) is 398. The van der Waals surface area contributed by atoms with Gasteiger partial charge < -0.3 is 296 Å². The number of nitrogens with two attached hydrogens (primary N) is 3. The van der Waals surface area contributed by atoms with Gasteiger partial charge in [0.15, 0.2) is 50.3 Å². The van der Waals surface area contributed by atoms with E-state index in [9.17, 15) is 193 Å². The molecule has 10 saturated heterocycles. The molecule has 61 nitrogen and oxygen atoms in total. The molecule has 0 aliphatic carbocycles. The van der Waals surface area contributed by atoms with Crippen LogP contribution in [0.25, 0.3) is 0 Å². The Labute approximate surface area is 750 Å². The predicted molar refractivity (Wildman–Crippen MR) is 403 cm³/mol. The summed E-state index contributed by atoms with van der Waals surface area (Å²) in [6.45, 7) is -12.5. The minimum absolute atomic E-state index is 0.889. The highest BCUT2D eigenvalue weighted by molar-refractivity contribution is 5.77. The monoisotopic (exact) mass is 1960 g/mol. The molecule has 0 spiro atoms. The Morgan fingerprint density at radius 1 is 0.346 bits per heavy atom. The predicted octanol–water partition coefficient (Wildman–Crippen LogP) is -26.0. The van der Waals surface area contributed by atoms with Crippen molar-refractivity contribution in [3.05, 3.63) is 0 Å². The van der Waals surface area contributed by atoms with Crippen molar-refractivity contribution in [1.29, 1.82) is 0 Å². The average molecular weight is 1960 g/mol. The van der Waals surface area contributed by atoms with Crippen LogP contribution in [0.3, 0.4) is 0 Å². The van der Waals surface area contributed by atoms with Crippen molar-refractivity contribution < 1.29 is 288 Å². The number of rotatable bonds is 40. The third-order valence-corrected chi connectivity index (χ3v) is 24.7. The van der Waals surface area contributed by atoms with Gasteiger partial charge in [0.25, 0.3) is 11.6 Å². The van der Waals surface area contributed by atoms with Gasteiger partial charge in [0.2, 0.25) is 0 Å². The fraction of sp³-hybridized carbons (Fsp3) is 0.972. The maximum Gasteiger partial charge on any atom is 0.364 e. The summed E-state index contributed by atoms with van der Waals surface area (Å²) >= 11 is 0. The number of carboxylic acids is 2. The third kappa shape index (κ3) is 23.9. The lowest BCUT2D eigenvalue weighted by Gasteiger charge is -2.53. The van der Waals surface area contributed by atoms with Crippen LogP contribution in [0.2, 0.25) is 0 Å². The number of aliphatic carboxylic acids is 2. The fourth-order valence-corrected chi connectivity index (χ4v) is 16.7. The third-order valence-electron chi connectivity index (χ3n) is 24.7. The van der Waals surface area contributed by atoms with Crippen LogP contribution in [0.15, 0.2) is 0 Å². The Balaban J connectivity index is 0.980. The first kappa shape index (κ1) is 112. The molecule has 0 aromatic carbocycles. The second-order valence-corrected chi connectivity index (χ2v) is 33.8. The smallest absolute Gasteiger partial charge is 0.364 e. The summed E-state index contributed by atoms with van der Waals surface area (Å²) in [7, 11) is 0. The van der Waals surface area contributed by atoms with Crippen LogP contribution in [0.4, 0.5) is 0 Å². The Morgan fingerprint density at radius 2 is 0.744 bits per heavy atom. The van der Waals surface area contributed by atoms with Crippen molar-refractivity contribution >= 4 is 11.9 Å². The number of hydrogen-bond donors (Lipinski definition) is 39. The van der Waals surface area contributed by atoms with Crippen molar-refractivity contribution in [3.63, 3.8) is 0 Å². The molecule has 0 amide bonds. The summed E-state index contributed by atoms with van der Waals surface area (Å²) in [6.07, 6.45) is -120. The highest BCUT2D eigenvalue weighted by Crippen LogP contribution is 2.46. The highest BCUT2D eigenvalue weighted by atomic mass is 16.8. The van der Waals surface area contributed by atoms with Crippen LogP contribution < -0.4 is 17.2 Å². The molecule has 10 heterocycles. The van der Waals surface area contributed by atoms with Crippen LogP contribution in [-0.4, -0.2) is 611 Å². The number of carbonyl (C=O) groups is 2. The van der Waals surface area contributed by atoms with Crippen LogP contribution in [-0.2, 0) is 104 Å². The molecule has 56 atom stereocenters. The lowest BCUT2D eigenvalue weighted by atomic mass is 9.89. The van der Waals surface area contributed by atoms with E-state index < -0.39 is 440 Å². The van der Waals surface area contributed by atoms with Crippen molar-refractivity contribution in [2.45, 2.75) is 362 Å². The molecule has 0 saturated carbocycles. The zero-order valence-corrected chi connectivity index (χ0v) is 70.2. The lowest BCUT2D eigenvalue weighted by Crippen LogP contribution is -2.71. The number of carboxylic acid groups (broad SMARTS) is 2. The Hall–Kier alpha value is -3.34. The maximum absolute atomic E-state index is 14.0. The second kappa shape index (κ2) is 47.7. The van der Waals surface area contributed by atoms with E-state index >= 15 is 0 Å². The minimum Gasteiger partial charge on any atom is -0.477 e. The van der Waals surface area contributed by atoms with Gasteiger partial charge in [0, 0.05) is 12.8 Å². The zero-order valence-electron chi connectivity index (χ0n) is 70.2. The maximum atomic E-state index is 14.0. The molecule has 42 N–H and O–H groups in total. The Kier molecular flexibility index (Phi) is 40.0. The molecule has 10 aliphatic rings. The molecule has 10 fully saturated rings. The van der Waals surface area contributed by atoms with E-state index in [0.717, 1.165) is 0 Å². The average Bonchev–Trinajstić information content (AvgIpc) is 0.782. The van der Waals surface area contributed by atoms with Gasteiger partial charge in [-0.3, -0.25) is 0 Å². The van der Waals surface area contributed by atoms with Gasteiger partial charge in [-0.05, 0) is 6.92 Å². The fourth-order valence-electron chi connectivity index (χ4n) is 16.7. The molecule has 0 aromatic heterocycles. The summed E-state index contributed by atoms with van der Waals surface area (Å²) in [4.78, 5) is 27.8. The van der Waals surface area contributed by atoms with Gasteiger partial charge in [0.05, 0.1) is 115 Å². The minimum atomic E-state index is -3.59. The molecule has 776 valence electrons. The standard InChI is InChI=1S/C72H125N3O58/c1-15-31(90)40(99)43(102)63(117-15)115-13-27-38(97)58(129-65-45(104)42(101)36(95)25(10-82)119-65)48(107)66(122-27)126-56-26(11-83)120-62(30(75)57(56)127-64-44(103)41(100)35(94)24(9-81)118-64)128-59-46(105)51(18(85)5-77)124-68(49(59)108)130-60-47(106)52(19(86)6-78)123-67(50(60)109)125-55-23(131-72(70(112)113)2-17(84)34(93)53(132-72)20(87)7-79)3-71(69(110)111,133-54(55)21(88)8-80)116-14-28-37(96)39(98)29(74)61(121-28)114-12-22(89)33(92)32(91)16(73)4-76/h15-68,76-109H,2-14,73-75H2,1H3,(H,110,111)(H,112,113)/t15-,16-,17+,18-,19-,20+,21+,22+,23+,24+,25+,26+,27+,28+,29+,30+,31-,32+,33+,34+,35+,36+,37+,38+,39+,40+,41-,42-,43+,44+,45+,46+,47+,48+,49-,50-,51+,52+,53+,54+,55+,56-,57+,58-,59-,60-,61+,62+,63+,64-,65+,66+,67+,68+,71+,72+/m0/s1. The molecule has 61 heteroatoms. The van der Waals surface area contributed by atoms with E-state index in [-0.39, 0.29) is 0 Å². The van der Waals surface area contributed by atoms with E-state index in [1.165, 1.54) is 6.92 Å². The number of hydrogen-bond acceptors (Lipinski definition) is 59. The van der Waals surface area contributed by atoms with E-state index in [1.807, 2.05) is 0 Å². The van der Waals surface area contributed by atoms with Gasteiger partial charge in [-0.15, -0.1) is 0 Å². The molecule has 0 aromatic rings. The van der Waals surface area contributed by atoms with E-state index in [4.69, 9.17) is 112 Å². The summed E-state index contributed by atoms with van der Waals surface area (Å²) in [5.41, 5.74) is 18.5. The van der Waals surface area contributed by atoms with Gasteiger partial charge in [-0.1, -0.05) is 0 Å². The van der Waals surface area contributed by atoms with Gasteiger partial charge in [0.1, 0.15) is 238 Å². The van der Waals surface area contributed by atoms with Crippen molar-refractivity contribution in [2.24, 2.45) is 17.2 Å². The first-order chi connectivity index (χ1) is 62.6. The molecular weight excluding hydrogens is 1830 g/mol. The summed E-state index contributed by atoms with van der Waals surface area (Å²) in [6, 6.07) is -5.58. The molecular formula is C72H125N3O58. The lowest BCUT2D eigenvalue weighted by molar-refractivity contribution is -0.410. The number of aliphatic hydroxyl groups excluding tert-OH is 34. The topological polar surface area (TPSA) is 1030 Å². The second-order valence-electron chi connectivity index (χ2n) is 33.8. The largest absolute Gasteiger partial charge is 0.477 e. The van der Waals surface area contributed by atoms with Gasteiger partial charge in [-0.2, -0.15) is 0 Å². The summed E-state index contributed by atoms with van der Waals surface area (Å²) < 4.78 is 117. The van der Waals surface area contributed by atoms with E-state index in [1.54, 1.807) is 0 Å². The highest BCUT2D eigenvalue weighted by Gasteiger charge is 2.66. The van der Waals surface area contributed by atoms with Crippen molar-refractivity contribution in [1.82, 2.24) is 0 Å². The van der Waals surface area contributed by atoms with Crippen LogP contribution >= 0.6 is 0 Å². The van der Waals surface area contributed by atoms with Crippen LogP contribution in [0.1, 0.15) is 19.8 Å². The normalized spacial score (nSPS) is 48.7. The first-order valence-corrected chi connectivity index (χ1v) is 42.0. The zero-order chi connectivity index (χ0) is 98.7. The van der Waals surface area contributed by atoms with Crippen LogP contribution in [0, 0.1) is 0 Å². The molecule has 133 heavy (non-hydrogen) atoms. The number of ether oxygens (including phenoxy) is 20. The molecule has 0 unspecified atom stereocenters. The Bertz CT molecular complexity index is 3540. The van der Waals surface area contributed by atoms with Crippen molar-refractivity contribution in [2.75, 3.05) is 72.7 Å².